The predicted molar refractivity (Wildman–Crippen MR) is 207 cm³/mol. The lowest BCUT2D eigenvalue weighted by molar-refractivity contribution is -0.120. The molecule has 4 aromatic carbocycles. The fraction of sp³-hybridized carbons (Fsp3) is 0.216. The molecule has 0 spiro atoms. The molecular formula is C37H31F6N7O5S3. The van der Waals surface area contributed by atoms with E-state index in [0.29, 0.717) is 31.5 Å². The van der Waals surface area contributed by atoms with E-state index in [-0.39, 0.29) is 33.5 Å². The molecule has 6 rings (SSSR count). The molecule has 12 nitrogen and oxygen atoms in total. The molecule has 0 aliphatic carbocycles. The van der Waals surface area contributed by atoms with Gasteiger partial charge in [-0.05, 0) is 79.9 Å². The first-order chi connectivity index (χ1) is 27.3. The summed E-state index contributed by atoms with van der Waals surface area (Å²) in [6.07, 6.45) is -1.32. The highest BCUT2D eigenvalue weighted by molar-refractivity contribution is 7.88. The Balaban J connectivity index is 1.27. The fourth-order valence-electron chi connectivity index (χ4n) is 6.18. The maximum atomic E-state index is 15.6. The zero-order valence-corrected chi connectivity index (χ0v) is 33.1. The minimum Gasteiger partial charge on any atom is -0.325 e. The number of urea groups is 1. The number of amides is 4. The summed E-state index contributed by atoms with van der Waals surface area (Å²) in [5, 5.41) is 3.19. The van der Waals surface area contributed by atoms with Gasteiger partial charge >= 0.3 is 16.2 Å². The van der Waals surface area contributed by atoms with E-state index < -0.39 is 87.9 Å². The van der Waals surface area contributed by atoms with Gasteiger partial charge in [0, 0.05) is 32.6 Å². The van der Waals surface area contributed by atoms with Crippen molar-refractivity contribution in [1.29, 1.82) is 0 Å². The van der Waals surface area contributed by atoms with Crippen LogP contribution in [0.25, 0.3) is 20.4 Å². The predicted octanol–water partition coefficient (Wildman–Crippen LogP) is 6.34. The maximum Gasteiger partial charge on any atom is 0.330 e. The van der Waals surface area contributed by atoms with Gasteiger partial charge in [-0.15, -0.1) is 22.7 Å². The lowest BCUT2D eigenvalue weighted by Gasteiger charge is -2.26. The molecule has 0 aliphatic heterocycles. The van der Waals surface area contributed by atoms with Crippen molar-refractivity contribution in [2.45, 2.75) is 38.8 Å². The molecule has 0 unspecified atom stereocenters. The van der Waals surface area contributed by atoms with Crippen molar-refractivity contribution in [3.05, 3.63) is 117 Å². The van der Waals surface area contributed by atoms with E-state index in [2.05, 4.69) is 15.3 Å². The van der Waals surface area contributed by atoms with Crippen LogP contribution in [-0.2, 0) is 32.6 Å². The van der Waals surface area contributed by atoms with Crippen LogP contribution in [0.5, 0.6) is 0 Å². The Kier molecular flexibility index (Phi) is 12.1. The highest BCUT2D eigenvalue weighted by atomic mass is 32.2. The average molecular weight is 864 g/mol. The molecule has 6 aromatic rings. The molecule has 2 atom stereocenters. The molecule has 58 heavy (non-hydrogen) atoms. The zero-order chi connectivity index (χ0) is 42.2. The standard InChI is InChI=1S/C37H31F6N7O5S3/c1-17-44-33-29(56-17)7-5-27(31(33)42)49(3)35(51)25(13-19-9-21(38)15-22(39)10-19)46-37(53)48-58(54,55)47-26(14-20-11-23(40)16-24(41)12-20)36(52)50(4)28-6-8-30-34(32(28)43)45-18(2)57-30/h5-12,15-16,25-26,47H,13-14H2,1-4H3,(H2,46,48,53)/t25-,26-/m0/s1. The summed E-state index contributed by atoms with van der Waals surface area (Å²) in [6, 6.07) is 4.73. The van der Waals surface area contributed by atoms with Crippen LogP contribution in [0.4, 0.5) is 42.5 Å². The van der Waals surface area contributed by atoms with E-state index in [1.165, 1.54) is 46.9 Å². The average Bonchev–Trinajstić information content (AvgIpc) is 3.71. The number of nitrogens with one attached hydrogen (secondary N) is 3. The number of aryl methyl sites for hydroxylation is 2. The Bertz CT molecular complexity index is 2670. The van der Waals surface area contributed by atoms with E-state index in [0.717, 1.165) is 48.2 Å². The number of aromatic nitrogens is 2. The summed E-state index contributed by atoms with van der Waals surface area (Å²) in [7, 11) is -2.87. The number of likely N-dealkylation sites (N-methyl/N-ethyl adjacent to an activating group) is 2. The van der Waals surface area contributed by atoms with E-state index in [1.54, 1.807) is 18.6 Å². The Morgan fingerprint density at radius 1 is 0.655 bits per heavy atom. The molecule has 0 saturated heterocycles. The Hall–Kier alpha value is -5.64. The molecule has 2 aromatic heterocycles. The van der Waals surface area contributed by atoms with Gasteiger partial charge in [-0.3, -0.25) is 9.59 Å². The molecule has 0 aliphatic rings. The first kappa shape index (κ1) is 42.0. The number of rotatable bonds is 12. The smallest absolute Gasteiger partial charge is 0.325 e. The second-order valence-electron chi connectivity index (χ2n) is 13.0. The molecule has 0 radical (unpaired) electrons. The molecule has 21 heteroatoms. The molecule has 0 saturated carbocycles. The van der Waals surface area contributed by atoms with Crippen LogP contribution in [0.3, 0.4) is 0 Å². The zero-order valence-electron chi connectivity index (χ0n) is 30.7. The van der Waals surface area contributed by atoms with Crippen LogP contribution < -0.4 is 24.6 Å². The number of carbonyl (C=O) groups excluding carboxylic acids is 3. The van der Waals surface area contributed by atoms with Gasteiger partial charge in [0.25, 0.3) is 0 Å². The van der Waals surface area contributed by atoms with E-state index in [4.69, 9.17) is 0 Å². The SMILES string of the molecule is Cc1nc2c(F)c(N(C)C(=O)[C@H](Cc3cc(F)cc(F)c3)NC(=O)NS(=O)(=O)N[C@@H](Cc3cc(F)cc(F)c3)C(=O)N(C)c3ccc4sc(C)nc4c3F)ccc2s1. The monoisotopic (exact) mass is 863 g/mol. The van der Waals surface area contributed by atoms with Crippen molar-refractivity contribution < 1.29 is 49.1 Å². The van der Waals surface area contributed by atoms with Gasteiger partial charge in [0.15, 0.2) is 11.6 Å². The van der Waals surface area contributed by atoms with Gasteiger partial charge in [-0.2, -0.15) is 13.1 Å². The highest BCUT2D eigenvalue weighted by Crippen LogP contribution is 2.32. The molecule has 0 bridgehead atoms. The molecule has 2 heterocycles. The van der Waals surface area contributed by atoms with Crippen LogP contribution >= 0.6 is 22.7 Å². The molecule has 0 fully saturated rings. The van der Waals surface area contributed by atoms with Crippen molar-refractivity contribution >= 4 is 82.5 Å². The molecule has 304 valence electrons. The van der Waals surface area contributed by atoms with Crippen molar-refractivity contribution in [3.63, 3.8) is 0 Å². The topological polar surface area (TPSA) is 154 Å². The first-order valence-corrected chi connectivity index (χ1v) is 20.1. The van der Waals surface area contributed by atoms with Crippen molar-refractivity contribution in [2.75, 3.05) is 23.9 Å². The van der Waals surface area contributed by atoms with Gasteiger partial charge < -0.3 is 15.1 Å². The third-order valence-electron chi connectivity index (χ3n) is 8.71. The summed E-state index contributed by atoms with van der Waals surface area (Å²) in [4.78, 5) is 50.9. The normalized spacial score (nSPS) is 12.7. The minimum atomic E-state index is -5.14. The number of benzene rings is 4. The van der Waals surface area contributed by atoms with Crippen LogP contribution in [-0.4, -0.2) is 62.4 Å². The van der Waals surface area contributed by atoms with Gasteiger partial charge in [0.2, 0.25) is 11.8 Å². The van der Waals surface area contributed by atoms with Gasteiger partial charge in [-0.25, -0.2) is 45.8 Å². The van der Waals surface area contributed by atoms with E-state index in [9.17, 15) is 40.4 Å². The van der Waals surface area contributed by atoms with Crippen molar-refractivity contribution in [2.24, 2.45) is 0 Å². The second-order valence-corrected chi connectivity index (χ2v) is 16.9. The van der Waals surface area contributed by atoms with Crippen LogP contribution in [0.1, 0.15) is 21.1 Å². The summed E-state index contributed by atoms with van der Waals surface area (Å²) < 4.78 is 119. The van der Waals surface area contributed by atoms with Crippen LogP contribution in [0.2, 0.25) is 0 Å². The highest BCUT2D eigenvalue weighted by Gasteiger charge is 2.33. The number of halogens is 6. The van der Waals surface area contributed by atoms with E-state index in [1.807, 2.05) is 4.72 Å². The number of fused-ring (bicyclic) bond motifs is 2. The van der Waals surface area contributed by atoms with Crippen molar-refractivity contribution in [3.8, 4) is 0 Å². The first-order valence-electron chi connectivity index (χ1n) is 17.0. The Morgan fingerprint density at radius 2 is 1.05 bits per heavy atom. The number of thiazole rings is 2. The number of hydrogen-bond acceptors (Lipinski definition) is 9. The summed E-state index contributed by atoms with van der Waals surface area (Å²) in [5.74, 6) is -8.12. The lowest BCUT2D eigenvalue weighted by atomic mass is 10.0. The summed E-state index contributed by atoms with van der Waals surface area (Å²) >= 11 is 2.39. The molecule has 4 amide bonds. The molecule has 3 N–H and O–H groups in total. The van der Waals surface area contributed by atoms with Gasteiger partial charge in [0.1, 0.15) is 46.4 Å². The largest absolute Gasteiger partial charge is 0.330 e. The van der Waals surface area contributed by atoms with Crippen molar-refractivity contribution in [1.82, 2.24) is 24.7 Å². The maximum absolute atomic E-state index is 15.6. The third kappa shape index (κ3) is 9.38. The Labute approximate surface area is 334 Å². The summed E-state index contributed by atoms with van der Waals surface area (Å²) in [6.45, 7) is 3.30. The quantitative estimate of drug-likeness (QED) is 0.122. The summed E-state index contributed by atoms with van der Waals surface area (Å²) in [5.41, 5.74) is -1.04. The van der Waals surface area contributed by atoms with Gasteiger partial charge in [0.05, 0.1) is 30.8 Å². The fourth-order valence-corrected chi connectivity index (χ4v) is 8.75. The Morgan fingerprint density at radius 3 is 1.48 bits per heavy atom. The minimum absolute atomic E-state index is 0.0384. The van der Waals surface area contributed by atoms with Gasteiger partial charge in [-0.1, -0.05) is 0 Å². The van der Waals surface area contributed by atoms with Crippen LogP contribution in [0.15, 0.2) is 60.7 Å². The second kappa shape index (κ2) is 16.7. The molecular weight excluding hydrogens is 833 g/mol. The van der Waals surface area contributed by atoms with Crippen LogP contribution in [0, 0.1) is 48.8 Å². The number of anilines is 2. The third-order valence-corrected chi connectivity index (χ3v) is 11.6. The lowest BCUT2D eigenvalue weighted by Crippen LogP contribution is -2.57. The number of carbonyl (C=O) groups is 3. The number of nitrogens with zero attached hydrogens (tertiary/aromatic N) is 4. The van der Waals surface area contributed by atoms with E-state index >= 15 is 8.78 Å². The number of hydrogen-bond donors (Lipinski definition) is 3.